The van der Waals surface area contributed by atoms with Crippen molar-refractivity contribution in [3.05, 3.63) is 111 Å². The van der Waals surface area contributed by atoms with Gasteiger partial charge in [0.15, 0.2) is 4.84 Å². The molecule has 2 amide bonds. The van der Waals surface area contributed by atoms with E-state index in [1.54, 1.807) is 16.7 Å². The molecule has 0 spiro atoms. The molecule has 0 saturated carbocycles. The summed E-state index contributed by atoms with van der Waals surface area (Å²) in [6.45, 7) is 11.0. The molecule has 0 radical (unpaired) electrons. The second-order valence-corrected chi connectivity index (χ2v) is 14.0. The monoisotopic (exact) mass is 889 g/mol. The van der Waals surface area contributed by atoms with Crippen molar-refractivity contribution in [1.29, 1.82) is 0 Å². The predicted octanol–water partition coefficient (Wildman–Crippen LogP) is 11.2. The van der Waals surface area contributed by atoms with Gasteiger partial charge in [-0.2, -0.15) is 13.2 Å². The number of nitro benzene ring substituents is 1. The smallest absolute Gasteiger partial charge is 0.416 e. The summed E-state index contributed by atoms with van der Waals surface area (Å²) in [7, 11) is 0. The van der Waals surface area contributed by atoms with E-state index in [4.69, 9.17) is 65.4 Å². The van der Waals surface area contributed by atoms with Crippen LogP contribution < -0.4 is 24.0 Å². The van der Waals surface area contributed by atoms with E-state index in [0.717, 1.165) is 47.1 Å². The fraction of sp³-hybridized carbons (Fsp3) is 0.350. The van der Waals surface area contributed by atoms with Gasteiger partial charge in [0.25, 0.3) is 5.91 Å². The van der Waals surface area contributed by atoms with E-state index in [1.807, 2.05) is 63.2 Å². The third-order valence-electron chi connectivity index (χ3n) is 8.20. The van der Waals surface area contributed by atoms with Crippen LogP contribution in [0.5, 0.6) is 23.0 Å². The van der Waals surface area contributed by atoms with Crippen LogP contribution in [0.15, 0.2) is 78.9 Å². The molecular formula is C40H42Cl4F3N3O8. The number of amides is 2. The topological polar surface area (TPSA) is 121 Å². The van der Waals surface area contributed by atoms with Crippen LogP contribution >= 0.6 is 46.4 Å². The number of carbonyl (C=O) groups is 2. The van der Waals surface area contributed by atoms with Gasteiger partial charge in [0.1, 0.15) is 36.5 Å². The fourth-order valence-electron chi connectivity index (χ4n) is 5.52. The maximum Gasteiger partial charge on any atom is 0.416 e. The normalized spacial score (nSPS) is 13.2. The Balaban J connectivity index is 0.000000239. The summed E-state index contributed by atoms with van der Waals surface area (Å²) in [5, 5.41) is 10.7. The van der Waals surface area contributed by atoms with Gasteiger partial charge in [-0.15, -0.1) is 11.6 Å². The molecule has 5 rings (SSSR count). The lowest BCUT2D eigenvalue weighted by molar-refractivity contribution is -0.385. The van der Waals surface area contributed by atoms with Crippen LogP contribution in [-0.4, -0.2) is 60.0 Å². The number of fused-ring (bicyclic) bond motifs is 1. The second kappa shape index (κ2) is 22.6. The number of rotatable bonds is 12. The van der Waals surface area contributed by atoms with Crippen LogP contribution in [0, 0.1) is 17.0 Å². The van der Waals surface area contributed by atoms with Crippen molar-refractivity contribution in [2.75, 3.05) is 42.2 Å². The Morgan fingerprint density at radius 2 is 1.71 bits per heavy atom. The summed E-state index contributed by atoms with van der Waals surface area (Å²) in [6.07, 6.45) is -3.65. The van der Waals surface area contributed by atoms with Crippen molar-refractivity contribution in [3.63, 3.8) is 0 Å². The van der Waals surface area contributed by atoms with Crippen molar-refractivity contribution < 1.29 is 46.6 Å². The number of alkyl halides is 6. The van der Waals surface area contributed by atoms with Gasteiger partial charge in [0, 0.05) is 18.7 Å². The lowest BCUT2D eigenvalue weighted by Gasteiger charge is -2.35. The SMILES string of the molecule is CC1COc2ccccc2N1C(=O)C(Cl)Cl.CCOCN(C(=O)CCl)c1c(C)cccc1CC.CCOc1cc(Oc2ccc(C(F)(F)F)cc2Cl)ccc1[N+](=O)[O-]. The van der Waals surface area contributed by atoms with Crippen LogP contribution in [0.3, 0.4) is 0 Å². The first-order chi connectivity index (χ1) is 27.5. The molecule has 11 nitrogen and oxygen atoms in total. The molecule has 1 aliphatic rings. The van der Waals surface area contributed by atoms with Gasteiger partial charge < -0.3 is 23.8 Å². The fourth-order valence-corrected chi connectivity index (χ4v) is 6.09. The lowest BCUT2D eigenvalue weighted by atomic mass is 10.0. The van der Waals surface area contributed by atoms with Crippen LogP contribution in [-0.2, 0) is 26.9 Å². The maximum atomic E-state index is 12.6. The van der Waals surface area contributed by atoms with Gasteiger partial charge in [-0.05, 0) is 81.6 Å². The van der Waals surface area contributed by atoms with Crippen molar-refractivity contribution in [2.45, 2.75) is 58.1 Å². The zero-order valence-corrected chi connectivity index (χ0v) is 35.2. The van der Waals surface area contributed by atoms with Crippen molar-refractivity contribution in [1.82, 2.24) is 0 Å². The molecule has 1 heterocycles. The summed E-state index contributed by atoms with van der Waals surface area (Å²) in [5.41, 5.74) is 2.69. The Morgan fingerprint density at radius 1 is 1.00 bits per heavy atom. The first kappa shape index (κ1) is 47.9. The average Bonchev–Trinajstić information content (AvgIpc) is 3.19. The molecule has 1 atom stereocenters. The van der Waals surface area contributed by atoms with Crippen molar-refractivity contribution in [2.24, 2.45) is 0 Å². The number of hydrogen-bond donors (Lipinski definition) is 0. The van der Waals surface area contributed by atoms with E-state index in [1.165, 1.54) is 18.2 Å². The number of aryl methyl sites for hydroxylation is 2. The molecular weight excluding hydrogens is 849 g/mol. The zero-order chi connectivity index (χ0) is 43.2. The first-order valence-corrected chi connectivity index (χ1v) is 19.6. The number of halogens is 7. The Kier molecular flexibility index (Phi) is 18.7. The van der Waals surface area contributed by atoms with Crippen molar-refractivity contribution in [3.8, 4) is 23.0 Å². The highest BCUT2D eigenvalue weighted by Gasteiger charge is 2.33. The van der Waals surface area contributed by atoms with Gasteiger partial charge in [-0.3, -0.25) is 24.6 Å². The minimum Gasteiger partial charge on any atom is -0.489 e. The van der Waals surface area contributed by atoms with Gasteiger partial charge >= 0.3 is 11.9 Å². The van der Waals surface area contributed by atoms with Crippen LogP contribution in [0.1, 0.15) is 44.4 Å². The first-order valence-electron chi connectivity index (χ1n) is 17.8. The number of hydrogen-bond acceptors (Lipinski definition) is 8. The summed E-state index contributed by atoms with van der Waals surface area (Å²) >= 11 is 22.7. The maximum absolute atomic E-state index is 12.6. The molecule has 1 unspecified atom stereocenters. The quantitative estimate of drug-likeness (QED) is 0.0597. The summed E-state index contributed by atoms with van der Waals surface area (Å²) in [5.74, 6) is 0.322. The largest absolute Gasteiger partial charge is 0.489 e. The Bertz CT molecular complexity index is 2020. The standard InChI is InChI=1S/C15H11ClF3NO4.C14H20ClNO2.C11H11Cl2NO2/c1-2-23-14-8-10(4-5-12(14)20(21)22)24-13-6-3-9(7-11(13)16)15(17,18)19;1-4-12-8-6-7-11(3)14(12)16(10-18-5-2)13(17)9-15;1-7-6-16-9-5-3-2-4-8(9)14(7)11(15)10(12)13/h3-8H,2H2,1H3;6-8H,4-5,9-10H2,1-3H3;2-5,7,10H,6H2,1H3. The number of nitrogens with zero attached hydrogens (tertiary/aromatic N) is 3. The van der Waals surface area contributed by atoms with Gasteiger partial charge in [0.2, 0.25) is 11.7 Å². The van der Waals surface area contributed by atoms with Gasteiger partial charge in [0.05, 0.1) is 39.5 Å². The average molecular weight is 892 g/mol. The predicted molar refractivity (Wildman–Crippen MR) is 220 cm³/mol. The highest BCUT2D eigenvalue weighted by Crippen LogP contribution is 2.39. The number of benzene rings is 4. The molecule has 0 aliphatic carbocycles. The minimum atomic E-state index is -4.52. The molecule has 314 valence electrons. The lowest BCUT2D eigenvalue weighted by Crippen LogP contribution is -2.47. The number of para-hydroxylation sites is 3. The Labute approximate surface area is 354 Å². The molecule has 4 aromatic carbocycles. The van der Waals surface area contributed by atoms with Crippen LogP contribution in [0.4, 0.5) is 30.2 Å². The van der Waals surface area contributed by atoms with Crippen LogP contribution in [0.25, 0.3) is 0 Å². The molecule has 1 aliphatic heterocycles. The number of nitro groups is 1. The van der Waals surface area contributed by atoms with Gasteiger partial charge in [-0.25, -0.2) is 0 Å². The Morgan fingerprint density at radius 3 is 2.29 bits per heavy atom. The zero-order valence-electron chi connectivity index (χ0n) is 32.2. The van der Waals surface area contributed by atoms with E-state index >= 15 is 0 Å². The minimum absolute atomic E-state index is 0.0111. The number of ether oxygens (including phenoxy) is 4. The number of anilines is 2. The van der Waals surface area contributed by atoms with Crippen LogP contribution in [0.2, 0.25) is 5.02 Å². The Hall–Kier alpha value is -4.47. The third kappa shape index (κ3) is 13.0. The second-order valence-electron chi connectivity index (χ2n) is 12.2. The molecule has 0 aromatic heterocycles. The highest BCUT2D eigenvalue weighted by atomic mass is 35.5. The third-order valence-corrected chi connectivity index (χ3v) is 9.09. The number of carbonyl (C=O) groups excluding carboxylic acids is 2. The highest BCUT2D eigenvalue weighted by molar-refractivity contribution is 6.54. The van der Waals surface area contributed by atoms with E-state index in [0.29, 0.717) is 19.0 Å². The van der Waals surface area contributed by atoms with E-state index < -0.39 is 21.5 Å². The van der Waals surface area contributed by atoms with Gasteiger partial charge in [-0.1, -0.05) is 72.1 Å². The molecule has 0 saturated heterocycles. The van der Waals surface area contributed by atoms with E-state index in [2.05, 4.69) is 6.92 Å². The molecule has 0 bridgehead atoms. The molecule has 0 N–H and O–H groups in total. The molecule has 18 heteroatoms. The summed E-state index contributed by atoms with van der Waals surface area (Å²) in [6, 6.07) is 19.7. The molecule has 4 aromatic rings. The molecule has 0 fully saturated rings. The van der Waals surface area contributed by atoms with Crippen molar-refractivity contribution >= 4 is 75.3 Å². The van der Waals surface area contributed by atoms with E-state index in [-0.39, 0.29) is 65.0 Å². The summed E-state index contributed by atoms with van der Waals surface area (Å²) in [4.78, 5) is 36.3. The summed E-state index contributed by atoms with van der Waals surface area (Å²) < 4.78 is 59.3. The molecule has 58 heavy (non-hydrogen) atoms. The van der Waals surface area contributed by atoms with E-state index in [9.17, 15) is 32.9 Å².